The number of anilines is 2. The quantitative estimate of drug-likeness (QED) is 0.733. The van der Waals surface area contributed by atoms with Crippen LogP contribution in [0, 0.1) is 13.8 Å². The molecule has 1 aliphatic rings. The van der Waals surface area contributed by atoms with Crippen LogP contribution in [-0.2, 0) is 19.6 Å². The van der Waals surface area contributed by atoms with Gasteiger partial charge in [0.05, 0.1) is 17.0 Å². The molecule has 2 aromatic carbocycles. The molecule has 2 aromatic rings. The van der Waals surface area contributed by atoms with Gasteiger partial charge in [0.25, 0.3) is 5.91 Å². The minimum Gasteiger partial charge on any atom is -0.478 e. The van der Waals surface area contributed by atoms with Crippen molar-refractivity contribution in [3.8, 4) is 5.75 Å². The molecule has 2 amide bonds. The van der Waals surface area contributed by atoms with Crippen molar-refractivity contribution < 1.29 is 22.7 Å². The maximum Gasteiger partial charge on any atom is 0.266 e. The van der Waals surface area contributed by atoms with Gasteiger partial charge in [-0.1, -0.05) is 12.1 Å². The summed E-state index contributed by atoms with van der Waals surface area (Å²) in [6.45, 7) is 3.46. The number of ether oxygens (including phenoxy) is 1. The van der Waals surface area contributed by atoms with E-state index in [-0.39, 0.29) is 11.3 Å². The van der Waals surface area contributed by atoms with Gasteiger partial charge in [-0.15, -0.1) is 0 Å². The van der Waals surface area contributed by atoms with Crippen molar-refractivity contribution in [1.82, 2.24) is 0 Å². The first-order valence-corrected chi connectivity index (χ1v) is 9.70. The van der Waals surface area contributed by atoms with Gasteiger partial charge in [-0.25, -0.2) is 13.6 Å². The van der Waals surface area contributed by atoms with E-state index in [0.717, 1.165) is 0 Å². The topological polar surface area (TPSA) is 128 Å². The Labute approximate surface area is 156 Å². The maximum absolute atomic E-state index is 12.4. The third-order valence-corrected chi connectivity index (χ3v) is 5.21. The highest BCUT2D eigenvalue weighted by Gasteiger charge is 2.29. The lowest BCUT2D eigenvalue weighted by atomic mass is 10.1. The average molecular weight is 389 g/mol. The molecule has 0 fully saturated rings. The zero-order valence-electron chi connectivity index (χ0n) is 14.8. The molecule has 0 radical (unpaired) electrons. The lowest BCUT2D eigenvalue weighted by Gasteiger charge is -2.25. The standard InChI is InChI=1S/C18H19N3O5S/c1-10-7-12(27(19,24)25)8-14(11(10)2)20-17(22)9-16-18(23)21-13-5-3-4-6-15(13)26-16/h3-8,16H,9H2,1-2H3,(H,20,22)(H,21,23)(H2,19,24,25)/t16-/m0/s1. The summed E-state index contributed by atoms with van der Waals surface area (Å²) in [5.41, 5.74) is 2.24. The normalized spacial score (nSPS) is 16.1. The largest absolute Gasteiger partial charge is 0.478 e. The molecule has 3 rings (SSSR count). The second-order valence-corrected chi connectivity index (χ2v) is 7.86. The number of nitrogens with two attached hydrogens (primary N) is 1. The molecule has 0 aromatic heterocycles. The number of para-hydroxylation sites is 2. The fourth-order valence-electron chi connectivity index (χ4n) is 2.72. The smallest absolute Gasteiger partial charge is 0.266 e. The zero-order chi connectivity index (χ0) is 19.8. The Hall–Kier alpha value is -2.91. The molecule has 1 atom stereocenters. The van der Waals surface area contributed by atoms with E-state index < -0.39 is 27.9 Å². The molecule has 27 heavy (non-hydrogen) atoms. The second-order valence-electron chi connectivity index (χ2n) is 6.30. The van der Waals surface area contributed by atoms with E-state index in [2.05, 4.69) is 10.6 Å². The molecule has 0 bridgehead atoms. The van der Waals surface area contributed by atoms with E-state index in [0.29, 0.717) is 28.3 Å². The van der Waals surface area contributed by atoms with Crippen LogP contribution in [0.4, 0.5) is 11.4 Å². The minimum atomic E-state index is -3.91. The van der Waals surface area contributed by atoms with Crippen LogP contribution in [0.5, 0.6) is 5.75 Å². The molecule has 9 heteroatoms. The Bertz CT molecular complexity index is 1030. The van der Waals surface area contributed by atoms with Crippen LogP contribution in [0.2, 0.25) is 0 Å². The Morgan fingerprint density at radius 1 is 1.26 bits per heavy atom. The molecular formula is C18H19N3O5S. The third-order valence-electron chi connectivity index (χ3n) is 4.32. The van der Waals surface area contributed by atoms with Gasteiger partial charge in [0.1, 0.15) is 5.75 Å². The van der Waals surface area contributed by atoms with Crippen molar-refractivity contribution in [3.63, 3.8) is 0 Å². The molecule has 1 aliphatic heterocycles. The van der Waals surface area contributed by atoms with E-state index in [1.807, 2.05) is 0 Å². The summed E-state index contributed by atoms with van der Waals surface area (Å²) in [5, 5.41) is 10.5. The Morgan fingerprint density at radius 3 is 2.67 bits per heavy atom. The predicted molar refractivity (Wildman–Crippen MR) is 100 cm³/mol. The Kier molecular flexibility index (Phi) is 4.90. The SMILES string of the molecule is Cc1cc(S(N)(=O)=O)cc(NC(=O)C[C@@H]2Oc3ccccc3NC2=O)c1C. The van der Waals surface area contributed by atoms with E-state index in [1.54, 1.807) is 38.1 Å². The van der Waals surface area contributed by atoms with Crippen molar-refractivity contribution in [2.24, 2.45) is 5.14 Å². The molecule has 142 valence electrons. The molecule has 0 saturated heterocycles. The van der Waals surface area contributed by atoms with Crippen LogP contribution in [0.3, 0.4) is 0 Å². The molecule has 0 spiro atoms. The van der Waals surface area contributed by atoms with Gasteiger partial charge < -0.3 is 15.4 Å². The fourth-order valence-corrected chi connectivity index (χ4v) is 3.34. The van der Waals surface area contributed by atoms with Crippen molar-refractivity contribution in [2.75, 3.05) is 10.6 Å². The van der Waals surface area contributed by atoms with E-state index in [1.165, 1.54) is 12.1 Å². The van der Waals surface area contributed by atoms with Gasteiger partial charge in [0, 0.05) is 5.69 Å². The first-order valence-electron chi connectivity index (χ1n) is 8.15. The van der Waals surface area contributed by atoms with E-state index >= 15 is 0 Å². The number of nitrogens with one attached hydrogen (secondary N) is 2. The molecule has 8 nitrogen and oxygen atoms in total. The second kappa shape index (κ2) is 7.01. The molecule has 0 unspecified atom stereocenters. The molecular weight excluding hydrogens is 370 g/mol. The highest BCUT2D eigenvalue weighted by molar-refractivity contribution is 7.89. The Morgan fingerprint density at radius 2 is 1.96 bits per heavy atom. The molecule has 0 aliphatic carbocycles. The van der Waals surface area contributed by atoms with Crippen molar-refractivity contribution in [1.29, 1.82) is 0 Å². The fraction of sp³-hybridized carbons (Fsp3) is 0.222. The first kappa shape index (κ1) is 18.9. The Balaban J connectivity index is 1.77. The van der Waals surface area contributed by atoms with Crippen LogP contribution in [0.15, 0.2) is 41.3 Å². The lowest BCUT2D eigenvalue weighted by molar-refractivity contribution is -0.128. The summed E-state index contributed by atoms with van der Waals surface area (Å²) in [6, 6.07) is 9.66. The summed E-state index contributed by atoms with van der Waals surface area (Å²) < 4.78 is 28.8. The van der Waals surface area contributed by atoms with Gasteiger partial charge in [0.2, 0.25) is 15.9 Å². The third kappa shape index (κ3) is 4.09. The number of fused-ring (bicyclic) bond motifs is 1. The number of benzene rings is 2. The van der Waals surface area contributed by atoms with Crippen molar-refractivity contribution in [2.45, 2.75) is 31.3 Å². The summed E-state index contributed by atoms with van der Waals surface area (Å²) in [6.07, 6.45) is -1.21. The van der Waals surface area contributed by atoms with Gasteiger partial charge in [-0.05, 0) is 49.2 Å². The van der Waals surface area contributed by atoms with Crippen LogP contribution in [0.25, 0.3) is 0 Å². The minimum absolute atomic E-state index is 0.0958. The summed E-state index contributed by atoms with van der Waals surface area (Å²) >= 11 is 0. The summed E-state index contributed by atoms with van der Waals surface area (Å²) in [4.78, 5) is 24.5. The van der Waals surface area contributed by atoms with Crippen LogP contribution in [-0.4, -0.2) is 26.3 Å². The maximum atomic E-state index is 12.4. The van der Waals surface area contributed by atoms with Crippen LogP contribution >= 0.6 is 0 Å². The van der Waals surface area contributed by atoms with Crippen molar-refractivity contribution >= 4 is 33.2 Å². The number of carbonyl (C=O) groups is 2. The van der Waals surface area contributed by atoms with Gasteiger partial charge >= 0.3 is 0 Å². The van der Waals surface area contributed by atoms with Gasteiger partial charge in [0.15, 0.2) is 6.10 Å². The summed E-state index contributed by atoms with van der Waals surface area (Å²) in [7, 11) is -3.91. The predicted octanol–water partition coefficient (Wildman–Crippen LogP) is 1.68. The van der Waals surface area contributed by atoms with E-state index in [9.17, 15) is 18.0 Å². The van der Waals surface area contributed by atoms with Gasteiger partial charge in [-0.3, -0.25) is 9.59 Å². The zero-order valence-corrected chi connectivity index (χ0v) is 15.6. The van der Waals surface area contributed by atoms with E-state index in [4.69, 9.17) is 9.88 Å². The number of carbonyl (C=O) groups excluding carboxylic acids is 2. The van der Waals surface area contributed by atoms with Crippen LogP contribution < -0.4 is 20.5 Å². The van der Waals surface area contributed by atoms with Crippen LogP contribution in [0.1, 0.15) is 17.5 Å². The number of rotatable bonds is 4. The number of primary sulfonamides is 1. The summed E-state index contributed by atoms with van der Waals surface area (Å²) in [5.74, 6) is -0.420. The molecule has 1 heterocycles. The number of sulfonamides is 1. The molecule has 4 N–H and O–H groups in total. The number of aryl methyl sites for hydroxylation is 1. The highest BCUT2D eigenvalue weighted by atomic mass is 32.2. The highest BCUT2D eigenvalue weighted by Crippen LogP contribution is 2.30. The number of amides is 2. The number of hydrogen-bond acceptors (Lipinski definition) is 5. The van der Waals surface area contributed by atoms with Crippen molar-refractivity contribution in [3.05, 3.63) is 47.5 Å². The number of hydrogen-bond donors (Lipinski definition) is 3. The first-order chi connectivity index (χ1) is 12.6. The monoisotopic (exact) mass is 389 g/mol. The molecule has 0 saturated carbocycles. The van der Waals surface area contributed by atoms with Gasteiger partial charge in [-0.2, -0.15) is 0 Å². The lowest BCUT2D eigenvalue weighted by Crippen LogP contribution is -2.39. The average Bonchev–Trinajstić information content (AvgIpc) is 2.58.